The highest BCUT2D eigenvalue weighted by molar-refractivity contribution is 6.23. The molecule has 1 aromatic carbocycles. The van der Waals surface area contributed by atoms with E-state index in [0.717, 1.165) is 36.4 Å². The Labute approximate surface area is 168 Å². The van der Waals surface area contributed by atoms with Crippen LogP contribution in [0.4, 0.5) is 0 Å². The molecule has 152 valence electrons. The Kier molecular flexibility index (Phi) is 4.29. The van der Waals surface area contributed by atoms with Crippen LogP contribution < -0.4 is 11.1 Å². The standard InChI is InChI=1S/C21H24N4O4/c22-13-5-12-6-14(8-13)24(10-12)9-11-1-2-15-16(7-11)21(29)25(20(15)28)17-3-4-18(26)23-19(17)27/h1-2,7,12-14,17H,3-6,8-10,22H2,(H,23,26,27)/t12-,13+,14-,17?/m0/s1. The van der Waals surface area contributed by atoms with E-state index in [1.54, 1.807) is 12.1 Å². The van der Waals surface area contributed by atoms with Crippen LogP contribution in [0.15, 0.2) is 18.2 Å². The Morgan fingerprint density at radius 3 is 2.62 bits per heavy atom. The smallest absolute Gasteiger partial charge is 0.262 e. The Bertz CT molecular complexity index is 929. The van der Waals surface area contributed by atoms with Crippen molar-refractivity contribution in [2.24, 2.45) is 11.7 Å². The van der Waals surface area contributed by atoms with Crippen LogP contribution in [-0.4, -0.2) is 58.1 Å². The SMILES string of the molecule is N[C@@H]1C[C@H]2C[C@@H](C1)N(Cc1ccc3c(c1)C(=O)N(C1CCC(=O)NC1=O)C3=O)C2. The van der Waals surface area contributed by atoms with Gasteiger partial charge in [-0.2, -0.15) is 0 Å². The van der Waals surface area contributed by atoms with Crippen LogP contribution >= 0.6 is 0 Å². The normalized spacial score (nSPS) is 32.0. The molecule has 8 heteroatoms. The number of amides is 4. The van der Waals surface area contributed by atoms with Gasteiger partial charge in [0.2, 0.25) is 11.8 Å². The number of imide groups is 2. The van der Waals surface area contributed by atoms with Crippen LogP contribution in [0.25, 0.3) is 0 Å². The van der Waals surface area contributed by atoms with Crippen molar-refractivity contribution in [3.8, 4) is 0 Å². The second-order valence-corrected chi connectivity index (χ2v) is 8.74. The number of benzene rings is 1. The molecule has 4 amide bonds. The summed E-state index contributed by atoms with van der Waals surface area (Å²) in [5.41, 5.74) is 7.81. The number of hydrogen-bond donors (Lipinski definition) is 2. The van der Waals surface area contributed by atoms with Gasteiger partial charge in [-0.25, -0.2) is 0 Å². The molecule has 5 rings (SSSR count). The van der Waals surface area contributed by atoms with E-state index < -0.39 is 23.8 Å². The van der Waals surface area contributed by atoms with Crippen molar-refractivity contribution in [2.75, 3.05) is 6.54 Å². The van der Waals surface area contributed by atoms with Gasteiger partial charge in [-0.3, -0.25) is 34.3 Å². The average molecular weight is 396 g/mol. The van der Waals surface area contributed by atoms with Gasteiger partial charge in [-0.05, 0) is 49.3 Å². The fraction of sp³-hybridized carbons (Fsp3) is 0.524. The van der Waals surface area contributed by atoms with E-state index in [-0.39, 0.29) is 24.8 Å². The summed E-state index contributed by atoms with van der Waals surface area (Å²) >= 11 is 0. The molecule has 29 heavy (non-hydrogen) atoms. The van der Waals surface area contributed by atoms with E-state index in [1.165, 1.54) is 6.42 Å². The van der Waals surface area contributed by atoms with Gasteiger partial charge in [-0.1, -0.05) is 6.07 Å². The number of likely N-dealkylation sites (tertiary alicyclic amines) is 1. The highest BCUT2D eigenvalue weighted by Crippen LogP contribution is 2.36. The lowest BCUT2D eigenvalue weighted by Crippen LogP contribution is -2.54. The maximum atomic E-state index is 13.0. The molecule has 1 saturated carbocycles. The van der Waals surface area contributed by atoms with Crippen LogP contribution in [0, 0.1) is 5.92 Å². The van der Waals surface area contributed by atoms with Crippen molar-refractivity contribution in [3.05, 3.63) is 34.9 Å². The summed E-state index contributed by atoms with van der Waals surface area (Å²) in [4.78, 5) is 52.7. The fourth-order valence-electron chi connectivity index (χ4n) is 5.42. The van der Waals surface area contributed by atoms with Crippen LogP contribution in [0.1, 0.15) is 58.4 Å². The van der Waals surface area contributed by atoms with E-state index in [9.17, 15) is 19.2 Å². The van der Waals surface area contributed by atoms with Crippen LogP contribution in [0.2, 0.25) is 0 Å². The first-order valence-corrected chi connectivity index (χ1v) is 10.2. The number of fused-ring (bicyclic) bond motifs is 3. The molecule has 3 aliphatic heterocycles. The molecule has 8 nitrogen and oxygen atoms in total. The van der Waals surface area contributed by atoms with E-state index in [2.05, 4.69) is 10.2 Å². The number of nitrogens with one attached hydrogen (secondary N) is 1. The number of carbonyl (C=O) groups excluding carboxylic acids is 4. The van der Waals surface area contributed by atoms with Crippen molar-refractivity contribution in [3.63, 3.8) is 0 Å². The maximum Gasteiger partial charge on any atom is 0.262 e. The summed E-state index contributed by atoms with van der Waals surface area (Å²) in [5.74, 6) is -1.24. The highest BCUT2D eigenvalue weighted by Gasteiger charge is 2.45. The van der Waals surface area contributed by atoms with Crippen molar-refractivity contribution in [1.82, 2.24) is 15.1 Å². The first kappa shape index (κ1) is 18.4. The number of nitrogens with two attached hydrogens (primary N) is 1. The maximum absolute atomic E-state index is 13.0. The quantitative estimate of drug-likeness (QED) is 0.715. The number of rotatable bonds is 3. The minimum atomic E-state index is -0.928. The first-order chi connectivity index (χ1) is 13.9. The Balaban J connectivity index is 1.36. The molecule has 2 bridgehead atoms. The van der Waals surface area contributed by atoms with Crippen molar-refractivity contribution >= 4 is 23.6 Å². The summed E-state index contributed by atoms with van der Waals surface area (Å²) in [6, 6.07) is 5.18. The largest absolute Gasteiger partial charge is 0.328 e. The second-order valence-electron chi connectivity index (χ2n) is 8.74. The molecule has 0 spiro atoms. The lowest BCUT2D eigenvalue weighted by Gasteiger charge is -2.27. The zero-order chi connectivity index (χ0) is 20.3. The van der Waals surface area contributed by atoms with Crippen molar-refractivity contribution < 1.29 is 19.2 Å². The minimum Gasteiger partial charge on any atom is -0.328 e. The zero-order valence-electron chi connectivity index (χ0n) is 16.1. The monoisotopic (exact) mass is 396 g/mol. The molecule has 2 saturated heterocycles. The van der Waals surface area contributed by atoms with Gasteiger partial charge in [0, 0.05) is 31.6 Å². The Hall–Kier alpha value is -2.58. The molecular formula is C21H24N4O4. The third kappa shape index (κ3) is 3.07. The third-order valence-electron chi connectivity index (χ3n) is 6.72. The molecule has 3 heterocycles. The van der Waals surface area contributed by atoms with Gasteiger partial charge < -0.3 is 5.73 Å². The van der Waals surface area contributed by atoms with Crippen LogP contribution in [0.5, 0.6) is 0 Å². The molecule has 3 fully saturated rings. The molecule has 0 radical (unpaired) electrons. The summed E-state index contributed by atoms with van der Waals surface area (Å²) in [5, 5.41) is 2.22. The Morgan fingerprint density at radius 1 is 1.03 bits per heavy atom. The van der Waals surface area contributed by atoms with E-state index in [1.807, 2.05) is 6.07 Å². The number of carbonyl (C=O) groups is 4. The highest BCUT2D eigenvalue weighted by atomic mass is 16.2. The molecular weight excluding hydrogens is 372 g/mol. The molecule has 1 aliphatic carbocycles. The fourth-order valence-corrected chi connectivity index (χ4v) is 5.42. The summed E-state index contributed by atoms with van der Waals surface area (Å²) in [6.45, 7) is 1.74. The molecule has 4 aliphatic rings. The average Bonchev–Trinajstić information content (AvgIpc) is 3.09. The molecule has 1 aromatic rings. The third-order valence-corrected chi connectivity index (χ3v) is 6.72. The predicted molar refractivity (Wildman–Crippen MR) is 103 cm³/mol. The molecule has 0 aromatic heterocycles. The molecule has 3 N–H and O–H groups in total. The molecule has 4 atom stereocenters. The number of piperidine rings is 1. The van der Waals surface area contributed by atoms with Gasteiger partial charge in [0.1, 0.15) is 6.04 Å². The molecule has 1 unspecified atom stereocenters. The van der Waals surface area contributed by atoms with Crippen molar-refractivity contribution in [1.29, 1.82) is 0 Å². The van der Waals surface area contributed by atoms with E-state index in [4.69, 9.17) is 5.73 Å². The number of hydrogen-bond acceptors (Lipinski definition) is 6. The lowest BCUT2D eigenvalue weighted by atomic mass is 9.87. The minimum absolute atomic E-state index is 0.120. The van der Waals surface area contributed by atoms with Gasteiger partial charge in [0.05, 0.1) is 11.1 Å². The first-order valence-electron chi connectivity index (χ1n) is 10.2. The zero-order valence-corrected chi connectivity index (χ0v) is 16.1. The topological polar surface area (TPSA) is 113 Å². The van der Waals surface area contributed by atoms with Gasteiger partial charge in [0.25, 0.3) is 11.8 Å². The van der Waals surface area contributed by atoms with Gasteiger partial charge in [-0.15, -0.1) is 0 Å². The van der Waals surface area contributed by atoms with E-state index >= 15 is 0 Å². The summed E-state index contributed by atoms with van der Waals surface area (Å²) in [6.07, 6.45) is 3.54. The van der Waals surface area contributed by atoms with E-state index in [0.29, 0.717) is 23.1 Å². The van der Waals surface area contributed by atoms with Gasteiger partial charge in [0.15, 0.2) is 0 Å². The summed E-state index contributed by atoms with van der Waals surface area (Å²) in [7, 11) is 0. The second kappa shape index (κ2) is 6.74. The number of nitrogens with zero attached hydrogens (tertiary/aromatic N) is 2. The predicted octanol–water partition coefficient (Wildman–Crippen LogP) is 0.399. The summed E-state index contributed by atoms with van der Waals surface area (Å²) < 4.78 is 0. The van der Waals surface area contributed by atoms with Crippen molar-refractivity contribution in [2.45, 2.75) is 56.8 Å². The van der Waals surface area contributed by atoms with Crippen LogP contribution in [-0.2, 0) is 16.1 Å². The van der Waals surface area contributed by atoms with Crippen LogP contribution in [0.3, 0.4) is 0 Å². The Morgan fingerprint density at radius 2 is 1.83 bits per heavy atom. The van der Waals surface area contributed by atoms with Gasteiger partial charge >= 0.3 is 0 Å². The lowest BCUT2D eigenvalue weighted by molar-refractivity contribution is -0.136.